The van der Waals surface area contributed by atoms with Crippen LogP contribution in [0.3, 0.4) is 0 Å². The molecule has 1 aliphatic carbocycles. The molecular formula is C15H28N2O4. The van der Waals surface area contributed by atoms with E-state index < -0.39 is 30.1 Å². The summed E-state index contributed by atoms with van der Waals surface area (Å²) in [6.45, 7) is 3.47. The fraction of sp³-hybridized carbons (Fsp3) is 0.867. The Hall–Kier alpha value is -1.14. The normalized spacial score (nSPS) is 20.4. The molecule has 0 aromatic rings. The number of amides is 1. The lowest BCUT2D eigenvalue weighted by molar-refractivity contribution is -0.148. The van der Waals surface area contributed by atoms with Crippen LogP contribution >= 0.6 is 0 Å². The van der Waals surface area contributed by atoms with Crippen molar-refractivity contribution in [1.82, 2.24) is 5.32 Å². The van der Waals surface area contributed by atoms with Crippen molar-refractivity contribution in [3.63, 3.8) is 0 Å². The van der Waals surface area contributed by atoms with Crippen molar-refractivity contribution in [2.45, 2.75) is 70.6 Å². The van der Waals surface area contributed by atoms with Crippen LogP contribution in [0.1, 0.15) is 52.4 Å². The van der Waals surface area contributed by atoms with Gasteiger partial charge in [0.15, 0.2) is 0 Å². The standard InChI is InChI=1S/C15H28N2O4/c1-3-21-15(20)10(2)17-14(19)13(18)12(16)9-11-7-5-4-6-8-11/h10-13,18H,3-9,16H2,1-2H3,(H,17,19)/t10-,12+,13?/m0/s1. The van der Waals surface area contributed by atoms with Crippen molar-refractivity contribution in [2.24, 2.45) is 11.7 Å². The van der Waals surface area contributed by atoms with E-state index in [2.05, 4.69) is 5.32 Å². The summed E-state index contributed by atoms with van der Waals surface area (Å²) >= 11 is 0. The number of carbonyl (C=O) groups is 2. The third kappa shape index (κ3) is 6.01. The predicted molar refractivity (Wildman–Crippen MR) is 79.4 cm³/mol. The van der Waals surface area contributed by atoms with E-state index in [9.17, 15) is 14.7 Å². The minimum Gasteiger partial charge on any atom is -0.464 e. The zero-order valence-corrected chi connectivity index (χ0v) is 13.0. The van der Waals surface area contributed by atoms with Gasteiger partial charge in [0.05, 0.1) is 6.61 Å². The van der Waals surface area contributed by atoms with Crippen molar-refractivity contribution in [3.8, 4) is 0 Å². The minimum absolute atomic E-state index is 0.253. The average Bonchev–Trinajstić information content (AvgIpc) is 2.47. The molecule has 0 radical (unpaired) electrons. The molecule has 6 nitrogen and oxygen atoms in total. The highest BCUT2D eigenvalue weighted by atomic mass is 16.5. The first kappa shape index (κ1) is 17.9. The molecule has 0 aromatic heterocycles. The smallest absolute Gasteiger partial charge is 0.328 e. The molecule has 0 saturated heterocycles. The molecule has 3 atom stereocenters. The Labute approximate surface area is 126 Å². The van der Waals surface area contributed by atoms with E-state index in [1.54, 1.807) is 6.92 Å². The Morgan fingerprint density at radius 3 is 2.52 bits per heavy atom. The number of aliphatic hydroxyl groups excluding tert-OH is 1. The van der Waals surface area contributed by atoms with Gasteiger partial charge in [-0.1, -0.05) is 32.1 Å². The molecule has 0 spiro atoms. The Morgan fingerprint density at radius 2 is 1.95 bits per heavy atom. The molecule has 0 bridgehead atoms. The van der Waals surface area contributed by atoms with Crippen LogP contribution in [0, 0.1) is 5.92 Å². The number of aliphatic hydroxyl groups is 1. The van der Waals surface area contributed by atoms with Gasteiger partial charge in [0.2, 0.25) is 0 Å². The van der Waals surface area contributed by atoms with E-state index in [-0.39, 0.29) is 6.61 Å². The zero-order chi connectivity index (χ0) is 15.8. The summed E-state index contributed by atoms with van der Waals surface area (Å²) in [4.78, 5) is 23.3. The summed E-state index contributed by atoms with van der Waals surface area (Å²) in [5.74, 6) is -0.642. The number of carbonyl (C=O) groups excluding carboxylic acids is 2. The molecular weight excluding hydrogens is 272 g/mol. The Kier molecular flexibility index (Phi) is 7.67. The van der Waals surface area contributed by atoms with Crippen molar-refractivity contribution in [1.29, 1.82) is 0 Å². The van der Waals surface area contributed by atoms with E-state index >= 15 is 0 Å². The van der Waals surface area contributed by atoms with Crippen LogP contribution in [-0.2, 0) is 14.3 Å². The zero-order valence-electron chi connectivity index (χ0n) is 13.0. The second-order valence-electron chi connectivity index (χ2n) is 5.83. The average molecular weight is 300 g/mol. The Bertz CT molecular complexity index is 343. The van der Waals surface area contributed by atoms with Crippen LogP contribution in [0.4, 0.5) is 0 Å². The van der Waals surface area contributed by atoms with Gasteiger partial charge in [-0.15, -0.1) is 0 Å². The third-order valence-corrected chi connectivity index (χ3v) is 4.00. The lowest BCUT2D eigenvalue weighted by atomic mass is 9.84. The van der Waals surface area contributed by atoms with E-state index in [0.29, 0.717) is 12.3 Å². The molecule has 0 aromatic carbocycles. The summed E-state index contributed by atoms with van der Waals surface area (Å²) in [6, 6.07) is -1.38. The SMILES string of the molecule is CCOC(=O)[C@H](C)NC(=O)C(O)[C@H](N)CC1CCCCC1. The maximum absolute atomic E-state index is 11.9. The third-order valence-electron chi connectivity index (χ3n) is 4.00. The van der Waals surface area contributed by atoms with Gasteiger partial charge in [-0.2, -0.15) is 0 Å². The van der Waals surface area contributed by atoms with E-state index in [1.807, 2.05) is 0 Å². The van der Waals surface area contributed by atoms with Crippen LogP contribution in [-0.4, -0.2) is 41.8 Å². The number of ether oxygens (including phenoxy) is 1. The predicted octanol–water partition coefficient (Wildman–Crippen LogP) is 0.713. The van der Waals surface area contributed by atoms with Gasteiger partial charge in [-0.25, -0.2) is 4.79 Å². The highest BCUT2D eigenvalue weighted by molar-refractivity contribution is 5.87. The van der Waals surface area contributed by atoms with E-state index in [0.717, 1.165) is 12.8 Å². The molecule has 21 heavy (non-hydrogen) atoms. The first-order valence-electron chi connectivity index (χ1n) is 7.86. The minimum atomic E-state index is -1.29. The second-order valence-corrected chi connectivity index (χ2v) is 5.83. The van der Waals surface area contributed by atoms with Crippen LogP contribution in [0.2, 0.25) is 0 Å². The van der Waals surface area contributed by atoms with Gasteiger partial charge in [0.25, 0.3) is 5.91 Å². The molecule has 6 heteroatoms. The molecule has 1 unspecified atom stereocenters. The fourth-order valence-electron chi connectivity index (χ4n) is 2.76. The van der Waals surface area contributed by atoms with Crippen molar-refractivity contribution >= 4 is 11.9 Å². The summed E-state index contributed by atoms with van der Waals surface area (Å²) in [7, 11) is 0. The number of nitrogens with one attached hydrogen (secondary N) is 1. The summed E-state index contributed by atoms with van der Waals surface area (Å²) < 4.78 is 4.80. The number of esters is 1. The lowest BCUT2D eigenvalue weighted by Crippen LogP contribution is -2.51. The van der Waals surface area contributed by atoms with Crippen molar-refractivity contribution < 1.29 is 19.4 Å². The molecule has 1 amide bonds. The van der Waals surface area contributed by atoms with Gasteiger partial charge in [0.1, 0.15) is 12.1 Å². The first-order chi connectivity index (χ1) is 9.95. The molecule has 4 N–H and O–H groups in total. The summed E-state index contributed by atoms with van der Waals surface area (Å²) in [5, 5.41) is 12.4. The fourth-order valence-corrected chi connectivity index (χ4v) is 2.76. The van der Waals surface area contributed by atoms with Gasteiger partial charge >= 0.3 is 5.97 Å². The molecule has 0 aliphatic heterocycles. The highest BCUT2D eigenvalue weighted by Gasteiger charge is 2.28. The second kappa shape index (κ2) is 9.00. The van der Waals surface area contributed by atoms with Crippen molar-refractivity contribution in [3.05, 3.63) is 0 Å². The number of hydrogen-bond acceptors (Lipinski definition) is 5. The van der Waals surface area contributed by atoms with Gasteiger partial charge < -0.3 is 20.9 Å². The van der Waals surface area contributed by atoms with E-state index in [1.165, 1.54) is 26.2 Å². The Morgan fingerprint density at radius 1 is 1.33 bits per heavy atom. The molecule has 1 fully saturated rings. The van der Waals surface area contributed by atoms with Crippen LogP contribution in [0.25, 0.3) is 0 Å². The largest absolute Gasteiger partial charge is 0.464 e. The Balaban J connectivity index is 2.39. The van der Waals surface area contributed by atoms with Gasteiger partial charge in [-0.05, 0) is 26.2 Å². The molecule has 1 saturated carbocycles. The van der Waals surface area contributed by atoms with Crippen molar-refractivity contribution in [2.75, 3.05) is 6.61 Å². The van der Waals surface area contributed by atoms with Crippen LogP contribution in [0.15, 0.2) is 0 Å². The monoisotopic (exact) mass is 300 g/mol. The maximum atomic E-state index is 11.9. The summed E-state index contributed by atoms with van der Waals surface area (Å²) in [6.07, 6.45) is 5.22. The van der Waals surface area contributed by atoms with E-state index in [4.69, 9.17) is 10.5 Å². The van der Waals surface area contributed by atoms with Gasteiger partial charge in [0, 0.05) is 6.04 Å². The van der Waals surface area contributed by atoms with Gasteiger partial charge in [-0.3, -0.25) is 4.79 Å². The van der Waals surface area contributed by atoms with Crippen LogP contribution < -0.4 is 11.1 Å². The molecule has 1 rings (SSSR count). The molecule has 1 aliphatic rings. The summed E-state index contributed by atoms with van der Waals surface area (Å²) in [5.41, 5.74) is 5.93. The number of rotatable bonds is 7. The maximum Gasteiger partial charge on any atom is 0.328 e. The molecule has 0 heterocycles. The highest BCUT2D eigenvalue weighted by Crippen LogP contribution is 2.27. The quantitative estimate of drug-likeness (QED) is 0.601. The first-order valence-corrected chi connectivity index (χ1v) is 7.86. The number of hydrogen-bond donors (Lipinski definition) is 3. The van der Waals surface area contributed by atoms with Crippen LogP contribution in [0.5, 0.6) is 0 Å². The molecule has 122 valence electrons. The lowest BCUT2D eigenvalue weighted by Gasteiger charge is -2.27. The number of nitrogens with two attached hydrogens (primary N) is 1. The topological polar surface area (TPSA) is 102 Å².